The molecule has 106 valence electrons. The quantitative estimate of drug-likeness (QED) is 0.379. The molecule has 0 atom stereocenters. The van der Waals surface area contributed by atoms with Gasteiger partial charge in [-0.2, -0.15) is 5.10 Å². The van der Waals surface area contributed by atoms with Crippen molar-refractivity contribution >= 4 is 22.9 Å². The molecule has 0 spiro atoms. The topological polar surface area (TPSA) is 116 Å². The van der Waals surface area contributed by atoms with Crippen LogP contribution in [-0.4, -0.2) is 20.6 Å². The molecule has 0 saturated heterocycles. The van der Waals surface area contributed by atoms with E-state index in [9.17, 15) is 14.9 Å². The van der Waals surface area contributed by atoms with E-state index >= 15 is 0 Å². The molecule has 0 radical (unpaired) electrons. The van der Waals surface area contributed by atoms with Gasteiger partial charge in [-0.25, -0.2) is 5.84 Å². The van der Waals surface area contributed by atoms with E-state index in [-0.39, 0.29) is 11.6 Å². The molecule has 3 N–H and O–H groups in total. The second-order valence-electron chi connectivity index (χ2n) is 4.17. The molecule has 2 heterocycles. The lowest BCUT2D eigenvalue weighted by atomic mass is 10.3. The maximum Gasteiger partial charge on any atom is 0.312 e. The summed E-state index contributed by atoms with van der Waals surface area (Å²) < 4.78 is 1.56. The predicted molar refractivity (Wildman–Crippen MR) is 73.4 cm³/mol. The molecule has 0 unspecified atom stereocenters. The van der Waals surface area contributed by atoms with Crippen LogP contribution in [0.1, 0.15) is 25.9 Å². The van der Waals surface area contributed by atoms with E-state index in [1.54, 1.807) is 30.7 Å². The van der Waals surface area contributed by atoms with Gasteiger partial charge in [-0.15, -0.1) is 11.3 Å². The number of hydrogen-bond donors (Lipinski definition) is 2. The van der Waals surface area contributed by atoms with Gasteiger partial charge in [0, 0.05) is 4.88 Å². The van der Waals surface area contributed by atoms with Crippen molar-refractivity contribution in [1.82, 2.24) is 15.2 Å². The van der Waals surface area contributed by atoms with Crippen LogP contribution in [-0.2, 0) is 6.54 Å². The minimum Gasteiger partial charge on any atom is -0.289 e. The number of amides is 1. The molecule has 0 aliphatic heterocycles. The first-order chi connectivity index (χ1) is 9.43. The number of carbonyl (C=O) groups is 1. The lowest BCUT2D eigenvalue weighted by Gasteiger charge is -2.00. The van der Waals surface area contributed by atoms with Crippen LogP contribution in [0.5, 0.6) is 0 Å². The third kappa shape index (κ3) is 2.53. The van der Waals surface area contributed by atoms with Crippen LogP contribution in [0.25, 0.3) is 0 Å². The highest BCUT2D eigenvalue weighted by Gasteiger charge is 2.22. The number of thiophene rings is 1. The summed E-state index contributed by atoms with van der Waals surface area (Å²) in [5.74, 6) is 4.70. The zero-order valence-electron chi connectivity index (χ0n) is 10.9. The van der Waals surface area contributed by atoms with Crippen molar-refractivity contribution in [3.63, 3.8) is 0 Å². The minimum atomic E-state index is -0.435. The first-order valence-electron chi connectivity index (χ1n) is 5.72. The number of nitrogens with zero attached hydrogens (tertiary/aromatic N) is 3. The Bertz CT molecular complexity index is 676. The maximum atomic E-state index is 11.4. The Morgan fingerprint density at radius 1 is 1.55 bits per heavy atom. The third-order valence-electron chi connectivity index (χ3n) is 2.85. The Hall–Kier alpha value is -2.26. The number of carbonyl (C=O) groups excluding carboxylic acids is 1. The van der Waals surface area contributed by atoms with Crippen LogP contribution in [0.4, 0.5) is 5.69 Å². The number of aryl methyl sites for hydroxylation is 1. The molecule has 2 aromatic heterocycles. The standard InChI is InChI=1S/C11H13N5O3S/c1-6-10(16(18)19)7(2)15(14-6)5-8-3-4-9(20-8)11(17)13-12/h3-4H,5,12H2,1-2H3,(H,13,17). The van der Waals surface area contributed by atoms with E-state index in [4.69, 9.17) is 5.84 Å². The monoisotopic (exact) mass is 295 g/mol. The van der Waals surface area contributed by atoms with Crippen molar-refractivity contribution < 1.29 is 9.72 Å². The molecule has 20 heavy (non-hydrogen) atoms. The number of nitro groups is 1. The molecule has 0 bridgehead atoms. The summed E-state index contributed by atoms with van der Waals surface area (Å²) in [6.07, 6.45) is 0. The number of nitrogens with two attached hydrogens (primary N) is 1. The fourth-order valence-electron chi connectivity index (χ4n) is 1.91. The van der Waals surface area contributed by atoms with Gasteiger partial charge in [0.25, 0.3) is 5.91 Å². The van der Waals surface area contributed by atoms with Gasteiger partial charge in [0.15, 0.2) is 0 Å². The van der Waals surface area contributed by atoms with Gasteiger partial charge in [-0.3, -0.25) is 25.0 Å². The summed E-state index contributed by atoms with van der Waals surface area (Å²) in [7, 11) is 0. The average molecular weight is 295 g/mol. The molecule has 1 amide bonds. The van der Waals surface area contributed by atoms with Crippen molar-refractivity contribution in [3.8, 4) is 0 Å². The maximum absolute atomic E-state index is 11.4. The highest BCUT2D eigenvalue weighted by molar-refractivity contribution is 7.14. The van der Waals surface area contributed by atoms with Crippen molar-refractivity contribution in [3.05, 3.63) is 43.4 Å². The lowest BCUT2D eigenvalue weighted by Crippen LogP contribution is -2.29. The molecule has 9 heteroatoms. The van der Waals surface area contributed by atoms with Gasteiger partial charge in [-0.05, 0) is 26.0 Å². The Morgan fingerprint density at radius 2 is 2.25 bits per heavy atom. The summed E-state index contributed by atoms with van der Waals surface area (Å²) in [6.45, 7) is 3.63. The summed E-state index contributed by atoms with van der Waals surface area (Å²) in [4.78, 5) is 23.2. The second-order valence-corrected chi connectivity index (χ2v) is 5.34. The van der Waals surface area contributed by atoms with Crippen molar-refractivity contribution in [2.45, 2.75) is 20.4 Å². The molecular formula is C11H13N5O3S. The summed E-state index contributed by atoms with van der Waals surface area (Å²) in [6, 6.07) is 3.43. The van der Waals surface area contributed by atoms with E-state index < -0.39 is 4.92 Å². The van der Waals surface area contributed by atoms with Gasteiger partial charge in [0.1, 0.15) is 11.4 Å². The molecule has 2 rings (SSSR count). The largest absolute Gasteiger partial charge is 0.312 e. The van der Waals surface area contributed by atoms with Crippen molar-refractivity contribution in [2.75, 3.05) is 0 Å². The summed E-state index contributed by atoms with van der Waals surface area (Å²) in [5, 5.41) is 15.1. The van der Waals surface area contributed by atoms with E-state index in [1.165, 1.54) is 11.3 Å². The molecule has 2 aromatic rings. The van der Waals surface area contributed by atoms with Crippen LogP contribution in [0.15, 0.2) is 12.1 Å². The summed E-state index contributed by atoms with van der Waals surface area (Å²) in [5.41, 5.74) is 2.96. The first kappa shape index (κ1) is 14.2. The number of nitrogen functional groups attached to an aromatic ring is 1. The fourth-order valence-corrected chi connectivity index (χ4v) is 2.80. The van der Waals surface area contributed by atoms with E-state index in [0.717, 1.165) is 4.88 Å². The van der Waals surface area contributed by atoms with E-state index in [1.807, 2.05) is 0 Å². The molecule has 0 aliphatic carbocycles. The highest BCUT2D eigenvalue weighted by Crippen LogP contribution is 2.24. The predicted octanol–water partition coefficient (Wildman–Crippen LogP) is 1.12. The second kappa shape index (κ2) is 5.39. The zero-order chi connectivity index (χ0) is 14.9. The number of rotatable bonds is 4. The van der Waals surface area contributed by atoms with Gasteiger partial charge in [-0.1, -0.05) is 0 Å². The van der Waals surface area contributed by atoms with Gasteiger partial charge < -0.3 is 0 Å². The number of nitrogens with one attached hydrogen (secondary N) is 1. The van der Waals surface area contributed by atoms with Crippen molar-refractivity contribution in [1.29, 1.82) is 0 Å². The Balaban J connectivity index is 2.27. The molecule has 0 aromatic carbocycles. The van der Waals surface area contributed by atoms with Gasteiger partial charge >= 0.3 is 5.69 Å². The van der Waals surface area contributed by atoms with Crippen LogP contribution >= 0.6 is 11.3 Å². The smallest absolute Gasteiger partial charge is 0.289 e. The Morgan fingerprint density at radius 3 is 2.80 bits per heavy atom. The molecule has 0 aliphatic rings. The number of hydrazine groups is 1. The highest BCUT2D eigenvalue weighted by atomic mass is 32.1. The number of aromatic nitrogens is 2. The molecule has 0 saturated carbocycles. The van der Waals surface area contributed by atoms with Crippen LogP contribution in [0.3, 0.4) is 0 Å². The molecular weight excluding hydrogens is 282 g/mol. The van der Waals surface area contributed by atoms with Crippen molar-refractivity contribution in [2.24, 2.45) is 5.84 Å². The van der Waals surface area contributed by atoms with Gasteiger partial charge in [0.05, 0.1) is 16.3 Å². The third-order valence-corrected chi connectivity index (χ3v) is 3.92. The van der Waals surface area contributed by atoms with Crippen LogP contribution in [0, 0.1) is 24.0 Å². The van der Waals surface area contributed by atoms with Crippen LogP contribution < -0.4 is 11.3 Å². The lowest BCUT2D eigenvalue weighted by molar-refractivity contribution is -0.386. The molecule has 0 fully saturated rings. The fraction of sp³-hybridized carbons (Fsp3) is 0.273. The summed E-state index contributed by atoms with van der Waals surface area (Å²) >= 11 is 1.27. The van der Waals surface area contributed by atoms with E-state index in [0.29, 0.717) is 22.8 Å². The first-order valence-corrected chi connectivity index (χ1v) is 6.53. The van der Waals surface area contributed by atoms with Gasteiger partial charge in [0.2, 0.25) is 0 Å². The zero-order valence-corrected chi connectivity index (χ0v) is 11.7. The Labute approximate surface area is 118 Å². The SMILES string of the molecule is Cc1nn(Cc2ccc(C(=O)NN)s2)c(C)c1[N+](=O)[O-]. The average Bonchev–Trinajstić information content (AvgIpc) is 2.95. The normalized spacial score (nSPS) is 10.6. The number of hydrogen-bond acceptors (Lipinski definition) is 6. The minimum absolute atomic E-state index is 0.0291. The Kier molecular flexibility index (Phi) is 3.81. The van der Waals surface area contributed by atoms with E-state index in [2.05, 4.69) is 10.5 Å². The van der Waals surface area contributed by atoms with Crippen LogP contribution in [0.2, 0.25) is 0 Å². The molecule has 8 nitrogen and oxygen atoms in total.